The van der Waals surface area contributed by atoms with E-state index in [0.29, 0.717) is 25.4 Å². The minimum Gasteiger partial charge on any atom is -0.494 e. The van der Waals surface area contributed by atoms with Crippen LogP contribution in [0.5, 0.6) is 5.75 Å². The van der Waals surface area contributed by atoms with Crippen molar-refractivity contribution in [3.63, 3.8) is 0 Å². The predicted octanol–water partition coefficient (Wildman–Crippen LogP) is 4.67. The minimum absolute atomic E-state index is 0.359. The highest BCUT2D eigenvalue weighted by molar-refractivity contribution is 7.19. The van der Waals surface area contributed by atoms with Gasteiger partial charge in [-0.2, -0.15) is 0 Å². The third-order valence-electron chi connectivity index (χ3n) is 5.34. The van der Waals surface area contributed by atoms with Gasteiger partial charge in [-0.3, -0.25) is 4.79 Å². The fourth-order valence-corrected chi connectivity index (χ4v) is 5.11. The molecule has 0 bridgehead atoms. The van der Waals surface area contributed by atoms with E-state index < -0.39 is 5.97 Å². The van der Waals surface area contributed by atoms with Crippen LogP contribution in [0.2, 0.25) is 0 Å². The van der Waals surface area contributed by atoms with E-state index in [0.717, 1.165) is 45.9 Å². The Bertz CT molecular complexity index is 1050. The van der Waals surface area contributed by atoms with Crippen molar-refractivity contribution in [2.45, 2.75) is 33.6 Å². The van der Waals surface area contributed by atoms with Gasteiger partial charge in [-0.15, -0.1) is 11.3 Å². The third-order valence-corrected chi connectivity index (χ3v) is 6.34. The van der Waals surface area contributed by atoms with E-state index in [1.807, 2.05) is 26.0 Å². The summed E-state index contributed by atoms with van der Waals surface area (Å²) in [4.78, 5) is 25.3. The molecule has 3 heterocycles. The summed E-state index contributed by atoms with van der Waals surface area (Å²) in [5.74, 6) is 1.32. The number of piperidine rings is 1. The smallest absolute Gasteiger partial charge is 0.308 e. The summed E-state index contributed by atoms with van der Waals surface area (Å²) in [5, 5.41) is 10.5. The van der Waals surface area contributed by atoms with Crippen LogP contribution < -0.4 is 9.64 Å². The number of aryl methyl sites for hydroxylation is 2. The number of rotatable bonds is 5. The molecule has 1 atom stereocenters. The van der Waals surface area contributed by atoms with Crippen molar-refractivity contribution in [3.05, 3.63) is 35.0 Å². The molecule has 4 rings (SSSR count). The Kier molecular flexibility index (Phi) is 5.41. The Morgan fingerprint density at radius 3 is 2.72 bits per heavy atom. The number of benzene rings is 1. The average molecular weight is 412 g/mol. The number of aromatic nitrogens is 2. The summed E-state index contributed by atoms with van der Waals surface area (Å²) in [5.41, 5.74) is 2.22. The zero-order chi connectivity index (χ0) is 20.5. The van der Waals surface area contributed by atoms with Gasteiger partial charge in [0.15, 0.2) is 0 Å². The first-order valence-corrected chi connectivity index (χ1v) is 10.8. The molecule has 1 N–H and O–H groups in total. The maximum Gasteiger partial charge on any atom is 0.308 e. The molecule has 3 aromatic rings. The lowest BCUT2D eigenvalue weighted by Crippen LogP contribution is -2.39. The van der Waals surface area contributed by atoms with Crippen LogP contribution in [0.4, 0.5) is 5.82 Å². The van der Waals surface area contributed by atoms with Crippen molar-refractivity contribution in [3.8, 4) is 16.9 Å². The number of carbonyl (C=O) groups is 1. The van der Waals surface area contributed by atoms with Gasteiger partial charge < -0.3 is 14.7 Å². The first-order valence-electron chi connectivity index (χ1n) is 9.96. The predicted molar refractivity (Wildman–Crippen MR) is 116 cm³/mol. The van der Waals surface area contributed by atoms with Crippen LogP contribution in [0.3, 0.4) is 0 Å². The van der Waals surface area contributed by atoms with Gasteiger partial charge in [-0.1, -0.05) is 12.1 Å². The second kappa shape index (κ2) is 7.99. The number of thiophene rings is 1. The number of hydrogen-bond donors (Lipinski definition) is 1. The Labute approximate surface area is 174 Å². The summed E-state index contributed by atoms with van der Waals surface area (Å²) >= 11 is 1.66. The van der Waals surface area contributed by atoms with Crippen molar-refractivity contribution < 1.29 is 14.6 Å². The highest BCUT2D eigenvalue weighted by Gasteiger charge is 2.29. The molecule has 0 aliphatic carbocycles. The lowest BCUT2D eigenvalue weighted by Gasteiger charge is -2.32. The monoisotopic (exact) mass is 411 g/mol. The normalized spacial score (nSPS) is 16.9. The van der Waals surface area contributed by atoms with E-state index >= 15 is 0 Å². The molecule has 6 nitrogen and oxygen atoms in total. The Morgan fingerprint density at radius 1 is 1.28 bits per heavy atom. The largest absolute Gasteiger partial charge is 0.494 e. The topological polar surface area (TPSA) is 75.6 Å². The van der Waals surface area contributed by atoms with Gasteiger partial charge in [-0.05, 0) is 51.3 Å². The number of anilines is 1. The molecule has 1 unspecified atom stereocenters. The summed E-state index contributed by atoms with van der Waals surface area (Å²) < 4.78 is 5.58. The number of nitrogens with zero attached hydrogens (tertiary/aromatic N) is 3. The van der Waals surface area contributed by atoms with Crippen LogP contribution in [0.15, 0.2) is 24.3 Å². The molecule has 29 heavy (non-hydrogen) atoms. The molecule has 7 heteroatoms. The Hall–Kier alpha value is -2.67. The number of ether oxygens (including phenoxy) is 1. The van der Waals surface area contributed by atoms with E-state index in [9.17, 15) is 9.90 Å². The van der Waals surface area contributed by atoms with Crippen LogP contribution in [-0.2, 0) is 4.79 Å². The van der Waals surface area contributed by atoms with Crippen molar-refractivity contribution in [2.24, 2.45) is 5.92 Å². The summed E-state index contributed by atoms with van der Waals surface area (Å²) in [6, 6.07) is 8.11. The maximum absolute atomic E-state index is 11.6. The summed E-state index contributed by atoms with van der Waals surface area (Å²) in [7, 11) is 0. The van der Waals surface area contributed by atoms with Crippen molar-refractivity contribution in [1.29, 1.82) is 0 Å². The lowest BCUT2D eigenvalue weighted by molar-refractivity contribution is -0.141. The van der Waals surface area contributed by atoms with Crippen molar-refractivity contribution in [1.82, 2.24) is 9.97 Å². The van der Waals surface area contributed by atoms with Crippen LogP contribution in [0.25, 0.3) is 21.3 Å². The van der Waals surface area contributed by atoms with Crippen LogP contribution >= 0.6 is 11.3 Å². The fourth-order valence-electron chi connectivity index (χ4n) is 4.03. The Balaban J connectivity index is 1.84. The van der Waals surface area contributed by atoms with E-state index in [1.165, 1.54) is 4.88 Å². The summed E-state index contributed by atoms with van der Waals surface area (Å²) in [6.07, 6.45) is 1.57. The van der Waals surface area contributed by atoms with E-state index in [2.05, 4.69) is 28.9 Å². The van der Waals surface area contributed by atoms with Gasteiger partial charge in [0, 0.05) is 23.5 Å². The van der Waals surface area contributed by atoms with Gasteiger partial charge in [0.25, 0.3) is 0 Å². The first-order chi connectivity index (χ1) is 14.0. The molecule has 1 saturated heterocycles. The molecule has 1 aromatic carbocycles. The molecule has 152 valence electrons. The second-order valence-electron chi connectivity index (χ2n) is 7.39. The van der Waals surface area contributed by atoms with Crippen molar-refractivity contribution >= 4 is 33.3 Å². The van der Waals surface area contributed by atoms with Crippen LogP contribution in [0.1, 0.15) is 30.5 Å². The minimum atomic E-state index is -0.732. The van der Waals surface area contributed by atoms with Gasteiger partial charge in [0.1, 0.15) is 22.2 Å². The molecular formula is C22H25N3O3S. The molecule has 1 fully saturated rings. The number of aliphatic carboxylic acids is 1. The molecular weight excluding hydrogens is 386 g/mol. The summed E-state index contributed by atoms with van der Waals surface area (Å²) in [6.45, 7) is 7.91. The zero-order valence-corrected chi connectivity index (χ0v) is 17.8. The maximum atomic E-state index is 11.6. The molecule has 2 aromatic heterocycles. The van der Waals surface area contributed by atoms with E-state index in [4.69, 9.17) is 9.72 Å². The van der Waals surface area contributed by atoms with Gasteiger partial charge >= 0.3 is 5.97 Å². The second-order valence-corrected chi connectivity index (χ2v) is 8.59. The van der Waals surface area contributed by atoms with Crippen LogP contribution in [0, 0.1) is 19.8 Å². The van der Waals surface area contributed by atoms with Crippen molar-refractivity contribution in [2.75, 3.05) is 24.6 Å². The number of carboxylic acids is 1. The molecule has 0 amide bonds. The molecule has 0 saturated carbocycles. The quantitative estimate of drug-likeness (QED) is 0.657. The highest BCUT2D eigenvalue weighted by Crippen LogP contribution is 2.42. The van der Waals surface area contributed by atoms with Gasteiger partial charge in [0.2, 0.25) is 0 Å². The average Bonchev–Trinajstić information content (AvgIpc) is 3.03. The first kappa shape index (κ1) is 19.6. The number of fused-ring (bicyclic) bond motifs is 1. The number of hydrogen-bond acceptors (Lipinski definition) is 6. The van der Waals surface area contributed by atoms with Gasteiger partial charge in [0.05, 0.1) is 17.9 Å². The van der Waals surface area contributed by atoms with E-state index in [-0.39, 0.29) is 5.92 Å². The zero-order valence-electron chi connectivity index (χ0n) is 16.9. The molecule has 0 radical (unpaired) electrons. The molecule has 1 aliphatic heterocycles. The fraction of sp³-hybridized carbons (Fsp3) is 0.409. The number of carboxylic acid groups (broad SMARTS) is 1. The van der Waals surface area contributed by atoms with E-state index in [1.54, 1.807) is 11.3 Å². The van der Waals surface area contributed by atoms with Crippen LogP contribution in [-0.4, -0.2) is 40.7 Å². The molecule has 1 aliphatic rings. The highest BCUT2D eigenvalue weighted by atomic mass is 32.1. The standard InChI is InChI=1S/C22H25N3O3S/c1-4-28-17-9-7-15(8-10-17)18-13(2)29-21-19(18)20(23-14(3)24-21)25-11-5-6-16(12-25)22(26)27/h7-10,16H,4-6,11-12H2,1-3H3,(H,26,27). The lowest BCUT2D eigenvalue weighted by atomic mass is 9.97. The SMILES string of the molecule is CCOc1ccc(-c2c(C)sc3nc(C)nc(N4CCCC(C(=O)O)C4)c23)cc1. The Morgan fingerprint density at radius 2 is 2.03 bits per heavy atom. The van der Waals surface area contributed by atoms with Gasteiger partial charge in [-0.25, -0.2) is 9.97 Å². The molecule has 0 spiro atoms. The third kappa shape index (κ3) is 3.79.